The summed E-state index contributed by atoms with van der Waals surface area (Å²) < 4.78 is 61.0. The second kappa shape index (κ2) is 9.80. The minimum atomic E-state index is -4.82. The van der Waals surface area contributed by atoms with Gasteiger partial charge in [-0.25, -0.2) is 9.89 Å². The number of ether oxygens (including phenoxy) is 2. The third-order valence-corrected chi connectivity index (χ3v) is 9.86. The lowest BCUT2D eigenvalue weighted by Gasteiger charge is -2.53. The molecule has 2 unspecified atom stereocenters. The molecule has 4 saturated carbocycles. The number of hydrogen-bond donors (Lipinski definition) is 1. The van der Waals surface area contributed by atoms with Crippen molar-refractivity contribution in [2.45, 2.75) is 75.4 Å². The molecular formula is C31H29F3N4O5. The van der Waals surface area contributed by atoms with E-state index in [2.05, 4.69) is 20.1 Å². The van der Waals surface area contributed by atoms with Gasteiger partial charge >= 0.3 is 12.1 Å². The summed E-state index contributed by atoms with van der Waals surface area (Å²) in [7, 11) is 0. The number of nitrogens with zero attached hydrogens (tertiary/aromatic N) is 3. The highest BCUT2D eigenvalue weighted by Gasteiger charge is 2.62. The molecule has 0 radical (unpaired) electrons. The van der Waals surface area contributed by atoms with Crippen LogP contribution in [-0.2, 0) is 16.8 Å². The van der Waals surface area contributed by atoms with Crippen LogP contribution in [0, 0.1) is 17.8 Å². The lowest BCUT2D eigenvalue weighted by molar-refractivity contribution is -0.274. The van der Waals surface area contributed by atoms with Gasteiger partial charge in [0.05, 0.1) is 18.3 Å². The van der Waals surface area contributed by atoms with E-state index in [1.807, 2.05) is 12.1 Å². The molecule has 2 bridgehead atoms. The number of nitrogens with one attached hydrogen (secondary N) is 1. The molecule has 43 heavy (non-hydrogen) atoms. The Labute approximate surface area is 243 Å². The lowest BCUT2D eigenvalue weighted by atomic mass is 9.52. The predicted octanol–water partition coefficient (Wildman–Crippen LogP) is 6.52. The number of hydrogen-bond acceptors (Lipinski definition) is 8. The number of fused-ring (bicyclic) bond motifs is 1. The monoisotopic (exact) mass is 594 g/mol. The van der Waals surface area contributed by atoms with Crippen LogP contribution in [0.2, 0.25) is 0 Å². The highest BCUT2D eigenvalue weighted by molar-refractivity contribution is 5.70. The topological polar surface area (TPSA) is 116 Å². The van der Waals surface area contributed by atoms with Crippen LogP contribution in [-0.4, -0.2) is 32.8 Å². The summed E-state index contributed by atoms with van der Waals surface area (Å²) in [4.78, 5) is 16.1. The van der Waals surface area contributed by atoms with Gasteiger partial charge in [0, 0.05) is 34.4 Å². The molecule has 12 heteroatoms. The Kier molecular flexibility index (Phi) is 6.08. The van der Waals surface area contributed by atoms with Crippen molar-refractivity contribution in [1.82, 2.24) is 20.3 Å². The van der Waals surface area contributed by atoms with E-state index < -0.39 is 12.1 Å². The number of benzene rings is 1. The van der Waals surface area contributed by atoms with Crippen molar-refractivity contribution >= 4 is 0 Å². The maximum Gasteiger partial charge on any atom is 0.573 e. The molecule has 3 aromatic heterocycles. The normalized spacial score (nSPS) is 28.0. The van der Waals surface area contributed by atoms with E-state index >= 15 is 0 Å². The van der Waals surface area contributed by atoms with Crippen molar-refractivity contribution in [3.05, 3.63) is 70.2 Å². The van der Waals surface area contributed by atoms with Gasteiger partial charge in [0.2, 0.25) is 0 Å². The van der Waals surface area contributed by atoms with Crippen LogP contribution in [0.25, 0.3) is 22.7 Å². The van der Waals surface area contributed by atoms with Crippen LogP contribution in [0.15, 0.2) is 56.3 Å². The van der Waals surface area contributed by atoms with Crippen molar-refractivity contribution < 1.29 is 31.6 Å². The Hall–Kier alpha value is -3.93. The van der Waals surface area contributed by atoms with Crippen molar-refractivity contribution in [2.24, 2.45) is 17.8 Å². The van der Waals surface area contributed by atoms with Crippen molar-refractivity contribution in [1.29, 1.82) is 0 Å². The molecule has 1 N–H and O–H groups in total. The summed E-state index contributed by atoms with van der Waals surface area (Å²) in [5.41, 5.74) is 3.12. The third kappa shape index (κ3) is 4.75. The smallest absolute Gasteiger partial charge is 0.405 e. The predicted molar refractivity (Wildman–Crippen MR) is 145 cm³/mol. The zero-order chi connectivity index (χ0) is 29.3. The van der Waals surface area contributed by atoms with Gasteiger partial charge in [-0.3, -0.25) is 4.98 Å². The first-order valence-electron chi connectivity index (χ1n) is 14.7. The van der Waals surface area contributed by atoms with Gasteiger partial charge in [-0.1, -0.05) is 17.3 Å². The Morgan fingerprint density at radius 3 is 2.67 bits per heavy atom. The van der Waals surface area contributed by atoms with Gasteiger partial charge in [-0.15, -0.1) is 18.3 Å². The zero-order valence-electron chi connectivity index (χ0n) is 23.1. The fourth-order valence-electron chi connectivity index (χ4n) is 8.02. The van der Waals surface area contributed by atoms with Gasteiger partial charge in [-0.2, -0.15) is 0 Å². The highest BCUT2D eigenvalue weighted by Crippen LogP contribution is 2.66. The molecule has 8 rings (SSSR count). The minimum absolute atomic E-state index is 0.0488. The molecular weight excluding hydrogens is 565 g/mol. The molecule has 4 aliphatic rings. The number of halogens is 3. The second-order valence-electron chi connectivity index (χ2n) is 12.5. The maximum absolute atomic E-state index is 13.1. The fraction of sp³-hybridized carbons (Fsp3) is 0.484. The molecule has 3 heterocycles. The second-order valence-corrected chi connectivity index (χ2v) is 12.5. The first kappa shape index (κ1) is 26.7. The van der Waals surface area contributed by atoms with E-state index in [0.717, 1.165) is 56.2 Å². The molecule has 4 fully saturated rings. The number of para-hydroxylation sites is 1. The van der Waals surface area contributed by atoms with Crippen molar-refractivity contribution in [2.75, 3.05) is 0 Å². The number of rotatable bonds is 8. The number of alkyl halides is 3. The molecule has 0 saturated heterocycles. The minimum Gasteiger partial charge on any atom is -0.405 e. The summed E-state index contributed by atoms with van der Waals surface area (Å²) in [5, 5.41) is 10.4. The molecule has 224 valence electrons. The van der Waals surface area contributed by atoms with E-state index in [1.165, 1.54) is 12.1 Å². The van der Waals surface area contributed by atoms with Gasteiger partial charge in [-0.05, 0) is 87.0 Å². The summed E-state index contributed by atoms with van der Waals surface area (Å²) in [6, 6.07) is 9.99. The van der Waals surface area contributed by atoms with Crippen molar-refractivity contribution in [3.63, 3.8) is 0 Å². The highest BCUT2D eigenvalue weighted by atomic mass is 19.4. The molecule has 4 aliphatic carbocycles. The Morgan fingerprint density at radius 1 is 1.07 bits per heavy atom. The number of aromatic nitrogens is 4. The SMILES string of the molecule is O=c1[nH]nc(-c2ccc(C34C[C@H]5CC3[C@H](C[C@@H](OCc3c(-c6ccccc6OC(F)(F)F)noc3C3CC3)C5)C4)nc2)o1. The largest absolute Gasteiger partial charge is 0.573 e. The molecule has 0 spiro atoms. The molecule has 9 nitrogen and oxygen atoms in total. The third-order valence-electron chi connectivity index (χ3n) is 9.86. The first-order chi connectivity index (χ1) is 20.8. The average Bonchev–Trinajstić information content (AvgIpc) is 3.50. The van der Waals surface area contributed by atoms with Gasteiger partial charge in [0.25, 0.3) is 5.89 Å². The first-order valence-corrected chi connectivity index (χ1v) is 14.7. The fourth-order valence-corrected chi connectivity index (χ4v) is 8.02. The number of aromatic amines is 1. The van der Waals surface area contributed by atoms with Crippen LogP contribution >= 0.6 is 0 Å². The van der Waals surface area contributed by atoms with E-state index in [4.69, 9.17) is 18.7 Å². The van der Waals surface area contributed by atoms with Gasteiger partial charge in [0.15, 0.2) is 0 Å². The van der Waals surface area contributed by atoms with Gasteiger partial charge < -0.3 is 18.4 Å². The Balaban J connectivity index is 0.984. The van der Waals surface area contributed by atoms with Gasteiger partial charge in [0.1, 0.15) is 17.2 Å². The number of pyridine rings is 1. The molecule has 5 atom stereocenters. The van der Waals surface area contributed by atoms with E-state index in [-0.39, 0.29) is 41.2 Å². The standard InChI is InChI=1S/C31H29F3N4O5/c32-31(33,34)42-24-4-2-1-3-21(24)26-22(27(43-38-26)17-5-6-17)15-40-20-9-16-10-23-19(11-20)13-30(23,12-16)25-8-7-18(14-35-25)28-36-37-29(39)41-28/h1-4,7-8,14,16-17,19-20,23H,5-6,9-13,15H2,(H,37,39)/t16-,19-,20+,23?,30?/m1/s1. The average molecular weight is 595 g/mol. The van der Waals surface area contributed by atoms with Crippen LogP contribution in [0.4, 0.5) is 13.2 Å². The zero-order valence-corrected chi connectivity index (χ0v) is 23.1. The summed E-state index contributed by atoms with van der Waals surface area (Å²) in [6.45, 7) is 0.233. The van der Waals surface area contributed by atoms with Crippen LogP contribution in [0.3, 0.4) is 0 Å². The maximum atomic E-state index is 13.1. The molecule has 0 aliphatic heterocycles. The quantitative estimate of drug-likeness (QED) is 0.245. The lowest BCUT2D eigenvalue weighted by Crippen LogP contribution is -2.50. The molecule has 1 aromatic carbocycles. The van der Waals surface area contributed by atoms with Crippen LogP contribution in [0.1, 0.15) is 67.9 Å². The van der Waals surface area contributed by atoms with Crippen LogP contribution in [0.5, 0.6) is 5.75 Å². The van der Waals surface area contributed by atoms with E-state index in [9.17, 15) is 18.0 Å². The Morgan fingerprint density at radius 2 is 1.93 bits per heavy atom. The van der Waals surface area contributed by atoms with E-state index in [1.54, 1.807) is 18.3 Å². The number of H-pyrrole nitrogens is 1. The van der Waals surface area contributed by atoms with Crippen LogP contribution < -0.4 is 10.5 Å². The summed E-state index contributed by atoms with van der Waals surface area (Å²) in [5.74, 6) is 1.81. The summed E-state index contributed by atoms with van der Waals surface area (Å²) >= 11 is 0. The molecule has 4 aromatic rings. The Bertz CT molecular complexity index is 1700. The van der Waals surface area contributed by atoms with E-state index in [0.29, 0.717) is 34.8 Å². The molecule has 0 amide bonds. The van der Waals surface area contributed by atoms with Crippen molar-refractivity contribution in [3.8, 4) is 28.5 Å². The summed E-state index contributed by atoms with van der Waals surface area (Å²) in [6.07, 6.45) is 3.98.